The topological polar surface area (TPSA) is 51.6 Å². The van der Waals surface area contributed by atoms with Crippen LogP contribution in [0.3, 0.4) is 0 Å². The standard InChI is InChI=1S/C32H24N4S3/c1-17-5-11-25(37-17)21-7-9-23(29-27(21)33-13-15-35-29)31-19(3)20(4)32(39-31)24-10-8-22(26-12-6-18(2)38-26)28-30(24)36-16-14-34-28/h5-16H,1-4H3. The van der Waals surface area contributed by atoms with Crippen LogP contribution in [0.2, 0.25) is 0 Å². The zero-order valence-electron chi connectivity index (χ0n) is 21.9. The molecule has 39 heavy (non-hydrogen) atoms. The van der Waals surface area contributed by atoms with E-state index in [1.54, 1.807) is 58.8 Å². The second-order valence-corrected chi connectivity index (χ2v) is 13.3. The van der Waals surface area contributed by atoms with E-state index in [0.717, 1.165) is 44.3 Å². The fourth-order valence-electron chi connectivity index (χ4n) is 5.15. The van der Waals surface area contributed by atoms with E-state index in [1.165, 1.54) is 40.4 Å². The van der Waals surface area contributed by atoms with Crippen LogP contribution in [0.25, 0.3) is 63.8 Å². The molecule has 0 bridgehead atoms. The minimum atomic E-state index is 0.935. The Balaban J connectivity index is 1.41. The Morgan fingerprint density at radius 1 is 0.410 bits per heavy atom. The molecule has 0 saturated heterocycles. The van der Waals surface area contributed by atoms with Crippen molar-refractivity contribution in [2.24, 2.45) is 0 Å². The number of thiophene rings is 3. The molecule has 0 spiro atoms. The first-order chi connectivity index (χ1) is 19.0. The lowest BCUT2D eigenvalue weighted by Gasteiger charge is -2.09. The van der Waals surface area contributed by atoms with Crippen molar-refractivity contribution in [3.05, 3.63) is 94.2 Å². The van der Waals surface area contributed by atoms with Crippen molar-refractivity contribution in [2.45, 2.75) is 27.7 Å². The number of hydrogen-bond donors (Lipinski definition) is 0. The monoisotopic (exact) mass is 560 g/mol. The second kappa shape index (κ2) is 9.45. The second-order valence-electron chi connectivity index (χ2n) is 9.66. The fourth-order valence-corrected chi connectivity index (χ4v) is 8.30. The van der Waals surface area contributed by atoms with E-state index < -0.39 is 0 Å². The number of aromatic nitrogens is 4. The van der Waals surface area contributed by atoms with Crippen LogP contribution in [0.5, 0.6) is 0 Å². The highest BCUT2D eigenvalue weighted by atomic mass is 32.1. The van der Waals surface area contributed by atoms with Crippen LogP contribution in [-0.2, 0) is 0 Å². The van der Waals surface area contributed by atoms with Gasteiger partial charge in [-0.05, 0) is 63.1 Å². The van der Waals surface area contributed by atoms with Crippen molar-refractivity contribution in [3.63, 3.8) is 0 Å². The van der Waals surface area contributed by atoms with Crippen molar-refractivity contribution < 1.29 is 0 Å². The molecule has 0 fully saturated rings. The summed E-state index contributed by atoms with van der Waals surface area (Å²) < 4.78 is 0. The number of benzene rings is 2. The van der Waals surface area contributed by atoms with Crippen LogP contribution < -0.4 is 0 Å². The highest BCUT2D eigenvalue weighted by Crippen LogP contribution is 2.46. The van der Waals surface area contributed by atoms with Crippen molar-refractivity contribution in [1.82, 2.24) is 19.9 Å². The van der Waals surface area contributed by atoms with Crippen molar-refractivity contribution in [2.75, 3.05) is 0 Å². The van der Waals surface area contributed by atoms with Crippen molar-refractivity contribution in [3.8, 4) is 41.8 Å². The molecule has 0 unspecified atom stereocenters. The van der Waals surface area contributed by atoms with Crippen LogP contribution in [0.4, 0.5) is 0 Å². The van der Waals surface area contributed by atoms with Crippen LogP contribution in [0, 0.1) is 27.7 Å². The van der Waals surface area contributed by atoms with E-state index in [9.17, 15) is 0 Å². The van der Waals surface area contributed by atoms with Gasteiger partial charge in [0.15, 0.2) is 0 Å². The molecule has 0 aliphatic rings. The summed E-state index contributed by atoms with van der Waals surface area (Å²) in [7, 11) is 0. The summed E-state index contributed by atoms with van der Waals surface area (Å²) in [5.41, 5.74) is 10.8. The normalized spacial score (nSPS) is 11.6. The molecule has 0 saturated carbocycles. The van der Waals surface area contributed by atoms with E-state index in [-0.39, 0.29) is 0 Å². The SMILES string of the molecule is Cc1ccc(-c2ccc(-c3sc(-c4ccc(-c5ccc(C)s5)c5nccnc45)c(C)c3C)c3nccnc23)s1. The van der Waals surface area contributed by atoms with Gasteiger partial charge in [0.25, 0.3) is 0 Å². The van der Waals surface area contributed by atoms with Gasteiger partial charge in [-0.3, -0.25) is 19.9 Å². The van der Waals surface area contributed by atoms with Gasteiger partial charge < -0.3 is 0 Å². The predicted octanol–water partition coefficient (Wildman–Crippen LogP) is 9.66. The van der Waals surface area contributed by atoms with Gasteiger partial charge in [0.05, 0.1) is 22.1 Å². The van der Waals surface area contributed by atoms with E-state index in [1.807, 2.05) is 0 Å². The van der Waals surface area contributed by atoms with E-state index >= 15 is 0 Å². The number of nitrogens with zero attached hydrogens (tertiary/aromatic N) is 4. The quantitative estimate of drug-likeness (QED) is 0.215. The number of rotatable bonds is 4. The molecule has 2 aromatic carbocycles. The third-order valence-electron chi connectivity index (χ3n) is 7.20. The first-order valence-corrected chi connectivity index (χ1v) is 15.2. The molecule has 0 amide bonds. The van der Waals surface area contributed by atoms with Gasteiger partial charge >= 0.3 is 0 Å². The van der Waals surface area contributed by atoms with Crippen LogP contribution in [-0.4, -0.2) is 19.9 Å². The van der Waals surface area contributed by atoms with Gasteiger partial charge in [0.2, 0.25) is 0 Å². The number of fused-ring (bicyclic) bond motifs is 2. The molecule has 0 atom stereocenters. The number of hydrogen-bond acceptors (Lipinski definition) is 7. The average molecular weight is 561 g/mol. The molecule has 7 heteroatoms. The molecule has 0 aliphatic carbocycles. The van der Waals surface area contributed by atoms with Gasteiger partial charge in [-0.1, -0.05) is 24.3 Å². The smallest absolute Gasteiger partial charge is 0.0980 e. The molecule has 0 radical (unpaired) electrons. The van der Waals surface area contributed by atoms with Gasteiger partial charge in [0.1, 0.15) is 0 Å². The third-order valence-corrected chi connectivity index (χ3v) is 10.7. The largest absolute Gasteiger partial charge is 0.252 e. The average Bonchev–Trinajstić information content (AvgIpc) is 3.67. The summed E-state index contributed by atoms with van der Waals surface area (Å²) in [6.45, 7) is 8.69. The Kier molecular flexibility index (Phi) is 5.88. The molecule has 7 rings (SSSR count). The van der Waals surface area contributed by atoms with Crippen molar-refractivity contribution >= 4 is 56.1 Å². The van der Waals surface area contributed by atoms with Gasteiger partial charge in [0, 0.05) is 76.3 Å². The van der Waals surface area contributed by atoms with Crippen molar-refractivity contribution in [1.29, 1.82) is 0 Å². The first-order valence-electron chi connectivity index (χ1n) is 12.7. The third kappa shape index (κ3) is 4.00. The molecule has 0 aliphatic heterocycles. The summed E-state index contributed by atoms with van der Waals surface area (Å²) in [6.07, 6.45) is 7.16. The molecular weight excluding hydrogens is 537 g/mol. The maximum absolute atomic E-state index is 4.83. The molecule has 7 aromatic rings. The van der Waals surface area contributed by atoms with E-state index in [2.05, 4.69) is 76.2 Å². The highest BCUT2D eigenvalue weighted by molar-refractivity contribution is 7.19. The Labute approximate surface area is 238 Å². The van der Waals surface area contributed by atoms with Gasteiger partial charge in [-0.2, -0.15) is 0 Å². The Morgan fingerprint density at radius 3 is 1.13 bits per heavy atom. The van der Waals surface area contributed by atoms with E-state index in [0.29, 0.717) is 0 Å². The summed E-state index contributed by atoms with van der Waals surface area (Å²) >= 11 is 5.38. The zero-order valence-corrected chi connectivity index (χ0v) is 24.4. The maximum atomic E-state index is 4.83. The lowest BCUT2D eigenvalue weighted by molar-refractivity contribution is 1.29. The van der Waals surface area contributed by atoms with Gasteiger partial charge in [-0.25, -0.2) is 0 Å². The highest BCUT2D eigenvalue weighted by Gasteiger charge is 2.21. The number of aryl methyl sites for hydroxylation is 2. The summed E-state index contributed by atoms with van der Waals surface area (Å²) in [6, 6.07) is 17.5. The first kappa shape index (κ1) is 24.3. The lowest BCUT2D eigenvalue weighted by Crippen LogP contribution is -1.90. The molecule has 5 heterocycles. The predicted molar refractivity (Wildman–Crippen MR) is 167 cm³/mol. The molecule has 4 nitrogen and oxygen atoms in total. The molecule has 190 valence electrons. The minimum absolute atomic E-state index is 0.935. The summed E-state index contributed by atoms with van der Waals surface area (Å²) in [5.74, 6) is 0. The molecule has 0 N–H and O–H groups in total. The Morgan fingerprint density at radius 2 is 0.769 bits per heavy atom. The van der Waals surface area contributed by atoms with Crippen LogP contribution in [0.15, 0.2) is 73.3 Å². The van der Waals surface area contributed by atoms with Crippen LogP contribution in [0.1, 0.15) is 20.9 Å². The summed E-state index contributed by atoms with van der Waals surface area (Å²) in [5, 5.41) is 0. The fraction of sp³-hybridized carbons (Fsp3) is 0.125. The van der Waals surface area contributed by atoms with Gasteiger partial charge in [-0.15, -0.1) is 34.0 Å². The lowest BCUT2D eigenvalue weighted by atomic mass is 9.99. The minimum Gasteiger partial charge on any atom is -0.252 e. The van der Waals surface area contributed by atoms with E-state index in [4.69, 9.17) is 19.9 Å². The molecule has 5 aromatic heterocycles. The molecular formula is C32H24N4S3. The summed E-state index contributed by atoms with van der Waals surface area (Å²) in [4.78, 5) is 26.7. The zero-order chi connectivity index (χ0) is 26.7. The maximum Gasteiger partial charge on any atom is 0.0980 e. The Hall–Kier alpha value is -3.78. The Bertz CT molecular complexity index is 1880. The van der Waals surface area contributed by atoms with Crippen LogP contribution >= 0.6 is 34.0 Å².